The van der Waals surface area contributed by atoms with Crippen molar-refractivity contribution in [3.8, 4) is 5.75 Å². The predicted molar refractivity (Wildman–Crippen MR) is 57.9 cm³/mol. The van der Waals surface area contributed by atoms with Crippen molar-refractivity contribution in [3.63, 3.8) is 0 Å². The van der Waals surface area contributed by atoms with Crippen molar-refractivity contribution >= 4 is 8.32 Å². The largest absolute Gasteiger partial charge is 0.538 e. The van der Waals surface area contributed by atoms with Gasteiger partial charge in [0.05, 0.1) is 0 Å². The Labute approximate surface area is 80.2 Å². The van der Waals surface area contributed by atoms with E-state index in [4.69, 9.17) is 10.2 Å². The van der Waals surface area contributed by atoms with Crippen LogP contribution in [0.15, 0.2) is 42.2 Å². The average molecular weight is 193 g/mol. The van der Waals surface area contributed by atoms with Crippen molar-refractivity contribution in [3.05, 3.63) is 42.2 Å². The van der Waals surface area contributed by atoms with E-state index in [9.17, 15) is 0 Å². The Bertz CT molecular complexity index is 295. The lowest BCUT2D eigenvalue weighted by atomic mass is 10.3. The Kier molecular flexibility index (Phi) is 2.78. The molecule has 0 spiro atoms. The first-order valence-electron chi connectivity index (χ1n) is 4.21. The van der Waals surface area contributed by atoms with Gasteiger partial charge in [0.25, 0.3) is 8.32 Å². The van der Waals surface area contributed by atoms with E-state index in [0.29, 0.717) is 5.32 Å². The van der Waals surface area contributed by atoms with E-state index in [1.54, 1.807) is 0 Å². The molecule has 0 heterocycles. The van der Waals surface area contributed by atoms with Crippen molar-refractivity contribution < 1.29 is 4.43 Å². The van der Waals surface area contributed by atoms with Gasteiger partial charge in [-0.05, 0) is 25.2 Å². The third-order valence-electron chi connectivity index (χ3n) is 1.89. The number of para-hydroxylation sites is 1. The van der Waals surface area contributed by atoms with Crippen LogP contribution in [-0.4, -0.2) is 8.32 Å². The van der Waals surface area contributed by atoms with Gasteiger partial charge in [0, 0.05) is 5.32 Å². The summed E-state index contributed by atoms with van der Waals surface area (Å²) in [6.45, 7) is 7.80. The molecule has 0 amide bonds. The van der Waals surface area contributed by atoms with Crippen molar-refractivity contribution in [1.29, 1.82) is 0 Å². The summed E-state index contributed by atoms with van der Waals surface area (Å²) in [5, 5.41) is 0.663. The Morgan fingerprint density at radius 3 is 2.31 bits per heavy atom. The molecule has 0 aliphatic rings. The first-order valence-corrected chi connectivity index (χ1v) is 7.12. The Morgan fingerprint density at radius 2 is 1.85 bits per heavy atom. The topological polar surface area (TPSA) is 35.2 Å². The molecule has 1 rings (SSSR count). The maximum atomic E-state index is 5.78. The summed E-state index contributed by atoms with van der Waals surface area (Å²) in [6.07, 6.45) is 0. The predicted octanol–water partition coefficient (Wildman–Crippen LogP) is 2.28. The lowest BCUT2D eigenvalue weighted by Crippen LogP contribution is -2.40. The maximum absolute atomic E-state index is 5.78. The second kappa shape index (κ2) is 3.66. The number of benzene rings is 1. The summed E-state index contributed by atoms with van der Waals surface area (Å²) in [4.78, 5) is 0. The summed E-state index contributed by atoms with van der Waals surface area (Å²) >= 11 is 0. The molecule has 0 bridgehead atoms. The maximum Gasteiger partial charge on any atom is 0.291 e. The zero-order chi connectivity index (χ0) is 9.90. The molecule has 0 unspecified atom stereocenters. The van der Waals surface area contributed by atoms with E-state index in [1.807, 2.05) is 43.4 Å². The average Bonchev–Trinajstić information content (AvgIpc) is 2.05. The van der Waals surface area contributed by atoms with Crippen LogP contribution in [0.4, 0.5) is 0 Å². The molecule has 0 radical (unpaired) electrons. The number of rotatable bonds is 3. The van der Waals surface area contributed by atoms with Crippen LogP contribution in [0.1, 0.15) is 0 Å². The molecule has 0 aromatic heterocycles. The number of hydrogen-bond donors (Lipinski definition) is 1. The van der Waals surface area contributed by atoms with E-state index < -0.39 is 8.32 Å². The van der Waals surface area contributed by atoms with Crippen LogP contribution in [-0.2, 0) is 0 Å². The third-order valence-corrected chi connectivity index (χ3v) is 4.18. The van der Waals surface area contributed by atoms with Crippen LogP contribution in [0.25, 0.3) is 0 Å². The standard InChI is InChI=1S/C10H15NOSi/c1-9(11)13(2,3)12-10-7-5-4-6-8-10/h4-8H,1,11H2,2-3H3. The van der Waals surface area contributed by atoms with Gasteiger partial charge < -0.3 is 10.2 Å². The van der Waals surface area contributed by atoms with Gasteiger partial charge in [0.15, 0.2) is 0 Å². The SMILES string of the molecule is C=C(N)[Si](C)(C)Oc1ccccc1. The minimum Gasteiger partial charge on any atom is -0.538 e. The smallest absolute Gasteiger partial charge is 0.291 e. The molecule has 0 atom stereocenters. The van der Waals surface area contributed by atoms with E-state index >= 15 is 0 Å². The van der Waals surface area contributed by atoms with Crippen LogP contribution in [0.2, 0.25) is 13.1 Å². The summed E-state index contributed by atoms with van der Waals surface area (Å²) < 4.78 is 5.78. The highest BCUT2D eigenvalue weighted by atomic mass is 28.4. The quantitative estimate of drug-likeness (QED) is 0.747. The van der Waals surface area contributed by atoms with E-state index in [0.717, 1.165) is 5.75 Å². The molecule has 1 aromatic carbocycles. The minimum absolute atomic E-state index is 0.663. The Balaban J connectivity index is 2.75. The fraction of sp³-hybridized carbons (Fsp3) is 0.200. The molecule has 70 valence electrons. The van der Waals surface area contributed by atoms with E-state index in [-0.39, 0.29) is 0 Å². The molecular weight excluding hydrogens is 178 g/mol. The molecule has 0 aliphatic carbocycles. The first kappa shape index (κ1) is 9.86. The molecule has 3 heteroatoms. The summed E-state index contributed by atoms with van der Waals surface area (Å²) in [5.41, 5.74) is 5.66. The number of nitrogens with two attached hydrogens (primary N) is 1. The Hall–Kier alpha value is -1.22. The first-order chi connectivity index (χ1) is 6.02. The van der Waals surface area contributed by atoms with Crippen LogP contribution in [0, 0.1) is 0 Å². The van der Waals surface area contributed by atoms with Crippen molar-refractivity contribution in [2.45, 2.75) is 13.1 Å². The summed E-state index contributed by atoms with van der Waals surface area (Å²) in [6, 6.07) is 9.70. The highest BCUT2D eigenvalue weighted by Gasteiger charge is 2.26. The van der Waals surface area contributed by atoms with Crippen LogP contribution in [0.3, 0.4) is 0 Å². The molecule has 1 aromatic rings. The monoisotopic (exact) mass is 193 g/mol. The molecule has 2 N–H and O–H groups in total. The second-order valence-electron chi connectivity index (χ2n) is 3.45. The highest BCUT2D eigenvalue weighted by Crippen LogP contribution is 2.17. The minimum atomic E-state index is -1.94. The van der Waals surface area contributed by atoms with E-state index in [2.05, 4.69) is 6.58 Å². The normalized spacial score (nSPS) is 10.9. The molecule has 0 aliphatic heterocycles. The molecule has 0 saturated carbocycles. The van der Waals surface area contributed by atoms with Crippen LogP contribution < -0.4 is 10.2 Å². The highest BCUT2D eigenvalue weighted by molar-refractivity contribution is 6.78. The fourth-order valence-electron chi connectivity index (χ4n) is 0.849. The van der Waals surface area contributed by atoms with Gasteiger partial charge in [-0.3, -0.25) is 0 Å². The lowest BCUT2D eigenvalue weighted by molar-refractivity contribution is 0.558. The van der Waals surface area contributed by atoms with Gasteiger partial charge in [-0.15, -0.1) is 0 Å². The van der Waals surface area contributed by atoms with Crippen molar-refractivity contribution in [1.82, 2.24) is 0 Å². The van der Waals surface area contributed by atoms with Gasteiger partial charge in [-0.2, -0.15) is 0 Å². The van der Waals surface area contributed by atoms with Gasteiger partial charge in [0.1, 0.15) is 5.75 Å². The number of hydrogen-bond acceptors (Lipinski definition) is 2. The molecule has 13 heavy (non-hydrogen) atoms. The van der Waals surface area contributed by atoms with Gasteiger partial charge in [0.2, 0.25) is 0 Å². The molecule has 0 saturated heterocycles. The zero-order valence-corrected chi connectivity index (χ0v) is 9.08. The van der Waals surface area contributed by atoms with Gasteiger partial charge >= 0.3 is 0 Å². The van der Waals surface area contributed by atoms with E-state index in [1.165, 1.54) is 0 Å². The van der Waals surface area contributed by atoms with Gasteiger partial charge in [-0.25, -0.2) is 0 Å². The summed E-state index contributed by atoms with van der Waals surface area (Å²) in [7, 11) is -1.94. The van der Waals surface area contributed by atoms with Crippen LogP contribution in [0.5, 0.6) is 5.75 Å². The Morgan fingerprint density at radius 1 is 1.31 bits per heavy atom. The zero-order valence-electron chi connectivity index (χ0n) is 8.08. The molecule has 2 nitrogen and oxygen atoms in total. The van der Waals surface area contributed by atoms with Crippen molar-refractivity contribution in [2.75, 3.05) is 0 Å². The lowest BCUT2D eigenvalue weighted by Gasteiger charge is -2.23. The van der Waals surface area contributed by atoms with Crippen molar-refractivity contribution in [2.24, 2.45) is 5.73 Å². The molecule has 0 fully saturated rings. The fourth-order valence-corrected chi connectivity index (χ4v) is 1.71. The second-order valence-corrected chi connectivity index (χ2v) is 7.32. The summed E-state index contributed by atoms with van der Waals surface area (Å²) in [5.74, 6) is 0.866. The van der Waals surface area contributed by atoms with Gasteiger partial charge in [-0.1, -0.05) is 24.8 Å². The molecular formula is C10H15NOSi. The van der Waals surface area contributed by atoms with Crippen LogP contribution >= 0.6 is 0 Å². The third kappa shape index (κ3) is 2.63.